The fourth-order valence-electron chi connectivity index (χ4n) is 3.89. The zero-order valence-electron chi connectivity index (χ0n) is 21.6. The average Bonchev–Trinajstić information content (AvgIpc) is 2.87. The third-order valence-corrected chi connectivity index (χ3v) is 7.16. The van der Waals surface area contributed by atoms with Crippen molar-refractivity contribution in [1.29, 1.82) is 0 Å². The molecule has 0 atom stereocenters. The molecule has 1 fully saturated rings. The molecule has 1 aliphatic rings. The molecule has 17 heteroatoms. The van der Waals surface area contributed by atoms with Crippen LogP contribution in [-0.2, 0) is 33.7 Å². The molecule has 0 aliphatic carbocycles. The van der Waals surface area contributed by atoms with E-state index < -0.39 is 26.9 Å². The molecule has 1 aliphatic heterocycles. The first-order valence-corrected chi connectivity index (χ1v) is 13.4. The first-order chi connectivity index (χ1) is 18.1. The molecule has 0 amide bonds. The molecule has 3 rings (SSSR count). The molecule has 1 saturated heterocycles. The van der Waals surface area contributed by atoms with Crippen molar-refractivity contribution in [2.75, 3.05) is 54.7 Å². The van der Waals surface area contributed by atoms with Gasteiger partial charge in [-0.25, -0.2) is 22.8 Å². The third-order valence-electron chi connectivity index (χ3n) is 5.96. The highest BCUT2D eigenvalue weighted by Gasteiger charge is 2.22. The van der Waals surface area contributed by atoms with E-state index >= 15 is 0 Å². The lowest BCUT2D eigenvalue weighted by Gasteiger charge is -2.36. The van der Waals surface area contributed by atoms with E-state index in [1.54, 1.807) is 7.05 Å². The van der Waals surface area contributed by atoms with E-state index in [-0.39, 0.29) is 23.5 Å². The van der Waals surface area contributed by atoms with Gasteiger partial charge in [0, 0.05) is 71.6 Å². The standard InChI is InChI=1S/C20H28N6O6S.C2H2O4/c1-21-18(15-19(27)22(2)20(21)28)24-13-11-23(12-14-24)9-4-10-25(33(3,31)32)16-5-7-17(8-6-16)26(29)30;3-1(4)2(5)6/h5-8,15H,4,9-14H2,1-3H3;(H,3,4)(H,5,6). The largest absolute Gasteiger partial charge is 0.473 e. The number of non-ortho nitro benzene ring substituents is 1. The zero-order valence-corrected chi connectivity index (χ0v) is 22.4. The van der Waals surface area contributed by atoms with Crippen molar-refractivity contribution in [3.63, 3.8) is 0 Å². The summed E-state index contributed by atoms with van der Waals surface area (Å²) in [6.45, 7) is 3.61. The first kappa shape index (κ1) is 31.0. The SMILES string of the molecule is Cn1c(N2CCN(CCCN(c3ccc([N+](=O)[O-])cc3)S(C)(=O)=O)CC2)cc(=O)n(C)c1=O.O=C(O)C(=O)O. The normalized spacial score (nSPS) is 13.8. The molecule has 2 N–H and O–H groups in total. The number of anilines is 2. The van der Waals surface area contributed by atoms with Crippen molar-refractivity contribution in [1.82, 2.24) is 14.0 Å². The molecular weight excluding hydrogens is 540 g/mol. The highest BCUT2D eigenvalue weighted by molar-refractivity contribution is 7.92. The highest BCUT2D eigenvalue weighted by Crippen LogP contribution is 2.22. The van der Waals surface area contributed by atoms with E-state index in [0.717, 1.165) is 10.8 Å². The molecule has 0 unspecified atom stereocenters. The summed E-state index contributed by atoms with van der Waals surface area (Å²) in [6.07, 6.45) is 1.69. The number of sulfonamides is 1. The summed E-state index contributed by atoms with van der Waals surface area (Å²) in [5.74, 6) is -3.06. The second kappa shape index (κ2) is 13.0. The number of piperazine rings is 1. The van der Waals surface area contributed by atoms with Gasteiger partial charge in [-0.05, 0) is 18.6 Å². The van der Waals surface area contributed by atoms with E-state index in [2.05, 4.69) is 4.90 Å². The van der Waals surface area contributed by atoms with E-state index in [1.165, 1.54) is 46.3 Å². The summed E-state index contributed by atoms with van der Waals surface area (Å²) in [5.41, 5.74) is -0.423. The number of carboxylic acids is 2. The molecule has 214 valence electrons. The highest BCUT2D eigenvalue weighted by atomic mass is 32.2. The van der Waals surface area contributed by atoms with Gasteiger partial charge in [0.15, 0.2) is 0 Å². The summed E-state index contributed by atoms with van der Waals surface area (Å²) in [4.78, 5) is 56.9. The van der Waals surface area contributed by atoms with Gasteiger partial charge in [-0.1, -0.05) is 0 Å². The summed E-state index contributed by atoms with van der Waals surface area (Å²) in [7, 11) is -0.455. The minimum absolute atomic E-state index is 0.0983. The Morgan fingerprint density at radius 1 is 1.00 bits per heavy atom. The van der Waals surface area contributed by atoms with Crippen molar-refractivity contribution in [3.8, 4) is 0 Å². The summed E-state index contributed by atoms with van der Waals surface area (Å²) >= 11 is 0. The van der Waals surface area contributed by atoms with E-state index in [9.17, 15) is 28.1 Å². The smallest absolute Gasteiger partial charge is 0.414 e. The number of hydrogen-bond donors (Lipinski definition) is 2. The minimum Gasteiger partial charge on any atom is -0.473 e. The molecule has 1 aromatic carbocycles. The fraction of sp³-hybridized carbons (Fsp3) is 0.455. The molecule has 0 bridgehead atoms. The van der Waals surface area contributed by atoms with Gasteiger partial charge in [-0.2, -0.15) is 0 Å². The van der Waals surface area contributed by atoms with Crippen molar-refractivity contribution in [2.24, 2.45) is 14.1 Å². The predicted octanol–water partition coefficient (Wildman–Crippen LogP) is -0.874. The quantitative estimate of drug-likeness (QED) is 0.226. The number of rotatable bonds is 8. The van der Waals surface area contributed by atoms with Crippen molar-refractivity contribution >= 4 is 39.2 Å². The molecule has 2 heterocycles. The van der Waals surface area contributed by atoms with E-state index in [4.69, 9.17) is 19.8 Å². The Bertz CT molecular complexity index is 1410. The predicted molar refractivity (Wildman–Crippen MR) is 141 cm³/mol. The number of nitrogens with zero attached hydrogens (tertiary/aromatic N) is 6. The van der Waals surface area contributed by atoms with Crippen LogP contribution in [0.3, 0.4) is 0 Å². The van der Waals surface area contributed by atoms with Crippen molar-refractivity contribution in [3.05, 3.63) is 61.3 Å². The molecule has 0 saturated carbocycles. The minimum atomic E-state index is -3.54. The molecule has 0 spiro atoms. The van der Waals surface area contributed by atoms with E-state index in [0.29, 0.717) is 50.6 Å². The van der Waals surface area contributed by atoms with Gasteiger partial charge < -0.3 is 15.1 Å². The van der Waals surface area contributed by atoms with Crippen LogP contribution in [0.5, 0.6) is 0 Å². The van der Waals surface area contributed by atoms with Crippen LogP contribution < -0.4 is 20.5 Å². The van der Waals surface area contributed by atoms with Crippen LogP contribution in [0.2, 0.25) is 0 Å². The second-order valence-corrected chi connectivity index (χ2v) is 10.5. The third kappa shape index (κ3) is 8.37. The van der Waals surface area contributed by atoms with Crippen LogP contribution >= 0.6 is 0 Å². The lowest BCUT2D eigenvalue weighted by atomic mass is 10.2. The maximum absolute atomic E-state index is 12.3. The number of hydrogen-bond acceptors (Lipinski definition) is 10. The zero-order chi connectivity index (χ0) is 29.5. The molecule has 16 nitrogen and oxygen atoms in total. The van der Waals surface area contributed by atoms with Gasteiger partial charge in [0.25, 0.3) is 11.2 Å². The van der Waals surface area contributed by atoms with Crippen LogP contribution in [0, 0.1) is 10.1 Å². The van der Waals surface area contributed by atoms with Crippen LogP contribution in [-0.4, -0.2) is 95.1 Å². The van der Waals surface area contributed by atoms with Crippen molar-refractivity contribution in [2.45, 2.75) is 6.42 Å². The Morgan fingerprint density at radius 2 is 1.54 bits per heavy atom. The Balaban J connectivity index is 0.000000798. The van der Waals surface area contributed by atoms with Gasteiger partial charge in [0.05, 0.1) is 16.9 Å². The molecule has 39 heavy (non-hydrogen) atoms. The number of nitro groups is 1. The van der Waals surface area contributed by atoms with Gasteiger partial charge in [0.2, 0.25) is 10.0 Å². The van der Waals surface area contributed by atoms with Crippen molar-refractivity contribution < 1.29 is 33.1 Å². The molecular formula is C22H30N6O10S. The first-order valence-electron chi connectivity index (χ1n) is 11.6. The number of aliphatic carboxylic acids is 2. The number of benzene rings is 1. The number of carboxylic acid groups (broad SMARTS) is 2. The maximum atomic E-state index is 12.3. The monoisotopic (exact) mass is 570 g/mol. The Hall–Kier alpha value is -4.25. The Kier molecular flexibility index (Phi) is 10.3. The topological polar surface area (TPSA) is 206 Å². The number of carbonyl (C=O) groups is 2. The number of nitro benzene ring substituents is 1. The van der Waals surface area contributed by atoms with E-state index in [1.807, 2.05) is 4.90 Å². The molecule has 2 aromatic rings. The number of aromatic nitrogens is 2. The van der Waals surface area contributed by atoms with Crippen LogP contribution in [0.1, 0.15) is 6.42 Å². The summed E-state index contributed by atoms with van der Waals surface area (Å²) in [6, 6.07) is 6.91. The van der Waals surface area contributed by atoms with Gasteiger partial charge >= 0.3 is 17.6 Å². The molecule has 0 radical (unpaired) electrons. The van der Waals surface area contributed by atoms with Crippen LogP contribution in [0.4, 0.5) is 17.2 Å². The Labute approximate surface area is 223 Å². The molecule has 1 aromatic heterocycles. The average molecular weight is 571 g/mol. The maximum Gasteiger partial charge on any atom is 0.414 e. The summed E-state index contributed by atoms with van der Waals surface area (Å²) in [5, 5.41) is 25.6. The van der Waals surface area contributed by atoms with Gasteiger partial charge in [-0.15, -0.1) is 0 Å². The Morgan fingerprint density at radius 3 is 2.00 bits per heavy atom. The second-order valence-electron chi connectivity index (χ2n) is 8.64. The van der Waals surface area contributed by atoms with Gasteiger partial charge in [-0.3, -0.25) is 33.2 Å². The fourth-order valence-corrected chi connectivity index (χ4v) is 4.86. The summed E-state index contributed by atoms with van der Waals surface area (Å²) < 4.78 is 28.3. The van der Waals surface area contributed by atoms with Crippen LogP contribution in [0.15, 0.2) is 39.9 Å². The lowest BCUT2D eigenvalue weighted by molar-refractivity contribution is -0.384. The van der Waals surface area contributed by atoms with Gasteiger partial charge in [0.1, 0.15) is 5.82 Å². The van der Waals surface area contributed by atoms with Crippen LogP contribution in [0.25, 0.3) is 0 Å². The lowest BCUT2D eigenvalue weighted by Crippen LogP contribution is -2.49.